The zero-order valence-electron chi connectivity index (χ0n) is 13.7. The van der Waals surface area contributed by atoms with Crippen molar-refractivity contribution >= 4 is 21.4 Å². The van der Waals surface area contributed by atoms with E-state index in [2.05, 4.69) is 5.16 Å². The Labute approximate surface area is 141 Å². The predicted octanol–water partition coefficient (Wildman–Crippen LogP) is 2.27. The van der Waals surface area contributed by atoms with E-state index in [0.29, 0.717) is 5.69 Å². The lowest BCUT2D eigenvalue weighted by Crippen LogP contribution is -2.45. The lowest BCUT2D eigenvalue weighted by Gasteiger charge is -2.35. The molecule has 0 N–H and O–H groups in total. The second kappa shape index (κ2) is 6.39. The van der Waals surface area contributed by atoms with E-state index in [1.807, 2.05) is 31.2 Å². The van der Waals surface area contributed by atoms with Gasteiger partial charge in [0.15, 0.2) is 15.6 Å². The quantitative estimate of drug-likeness (QED) is 0.847. The third kappa shape index (κ3) is 3.51. The number of fused-ring (bicyclic) bond motifs is 1. The maximum atomic E-state index is 12.7. The van der Waals surface area contributed by atoms with Gasteiger partial charge in [-0.1, -0.05) is 23.4 Å². The Morgan fingerprint density at radius 1 is 1.38 bits per heavy atom. The van der Waals surface area contributed by atoms with Gasteiger partial charge >= 0.3 is 0 Å². The highest BCUT2D eigenvalue weighted by atomic mass is 32.2. The van der Waals surface area contributed by atoms with E-state index in [1.165, 1.54) is 0 Å². The Bertz CT molecular complexity index is 857. The molecule has 1 amide bonds. The Morgan fingerprint density at radius 2 is 2.12 bits per heavy atom. The van der Waals surface area contributed by atoms with Crippen LogP contribution in [0.15, 0.2) is 34.9 Å². The number of anilines is 1. The number of carbonyl (C=O) groups is 1. The van der Waals surface area contributed by atoms with Gasteiger partial charge in [-0.05, 0) is 38.3 Å². The average molecular weight is 348 g/mol. The topological polar surface area (TPSA) is 80.5 Å². The van der Waals surface area contributed by atoms with Gasteiger partial charge in [0.05, 0.1) is 5.69 Å². The smallest absolute Gasteiger partial charge is 0.242 e. The molecule has 0 bridgehead atoms. The first-order valence-corrected chi connectivity index (χ1v) is 9.70. The number of aromatic nitrogens is 1. The molecule has 2 heterocycles. The summed E-state index contributed by atoms with van der Waals surface area (Å²) >= 11 is 0. The van der Waals surface area contributed by atoms with E-state index in [0.717, 1.165) is 24.1 Å². The molecule has 1 aromatic heterocycles. The normalized spacial score (nSPS) is 17.6. The Hall–Kier alpha value is -2.15. The number of para-hydroxylation sites is 1. The van der Waals surface area contributed by atoms with Gasteiger partial charge in [-0.15, -0.1) is 0 Å². The molecule has 0 saturated heterocycles. The number of hydrogen-bond acceptors (Lipinski definition) is 5. The third-order valence-corrected chi connectivity index (χ3v) is 5.59. The monoisotopic (exact) mass is 348 g/mol. The zero-order valence-corrected chi connectivity index (χ0v) is 14.5. The SMILES string of the molecule is Cc1cc(CS(=O)(=O)CC(=O)N2c3ccccc3CC[C@@H]2C)on1. The minimum Gasteiger partial charge on any atom is -0.360 e. The summed E-state index contributed by atoms with van der Waals surface area (Å²) in [5.74, 6) is -0.993. The number of carbonyl (C=O) groups excluding carboxylic acids is 1. The van der Waals surface area contributed by atoms with Crippen LogP contribution in [0.2, 0.25) is 0 Å². The fourth-order valence-corrected chi connectivity index (χ4v) is 4.27. The van der Waals surface area contributed by atoms with Crippen LogP contribution in [0.5, 0.6) is 0 Å². The molecule has 24 heavy (non-hydrogen) atoms. The molecule has 0 radical (unpaired) electrons. The highest BCUT2D eigenvalue weighted by molar-refractivity contribution is 7.91. The van der Waals surface area contributed by atoms with Crippen LogP contribution >= 0.6 is 0 Å². The number of nitrogens with zero attached hydrogens (tertiary/aromatic N) is 2. The number of rotatable bonds is 4. The average Bonchev–Trinajstić information content (AvgIpc) is 2.90. The molecule has 1 aromatic carbocycles. The van der Waals surface area contributed by atoms with Gasteiger partial charge in [0, 0.05) is 17.8 Å². The van der Waals surface area contributed by atoms with E-state index in [-0.39, 0.29) is 17.6 Å². The number of aryl methyl sites for hydroxylation is 2. The van der Waals surface area contributed by atoms with E-state index in [4.69, 9.17) is 4.52 Å². The van der Waals surface area contributed by atoms with Crippen molar-refractivity contribution in [1.29, 1.82) is 0 Å². The molecule has 7 heteroatoms. The molecule has 0 aliphatic carbocycles. The Morgan fingerprint density at radius 3 is 2.83 bits per heavy atom. The zero-order chi connectivity index (χ0) is 17.3. The van der Waals surface area contributed by atoms with E-state index < -0.39 is 21.5 Å². The fraction of sp³-hybridized carbons (Fsp3) is 0.412. The minimum absolute atomic E-state index is 0.0184. The summed E-state index contributed by atoms with van der Waals surface area (Å²) in [6.07, 6.45) is 1.72. The minimum atomic E-state index is -3.62. The summed E-state index contributed by atoms with van der Waals surface area (Å²) in [7, 11) is -3.62. The number of benzene rings is 1. The first-order chi connectivity index (χ1) is 11.4. The van der Waals surface area contributed by atoms with E-state index in [9.17, 15) is 13.2 Å². The number of sulfone groups is 1. The summed E-state index contributed by atoms with van der Waals surface area (Å²) in [5.41, 5.74) is 2.50. The standard InChI is InChI=1S/C17H20N2O4S/c1-12-9-15(23-18-12)10-24(21,22)11-17(20)19-13(2)7-8-14-5-3-4-6-16(14)19/h3-6,9,13H,7-8,10-11H2,1-2H3/t13-/m0/s1. The van der Waals surface area contributed by atoms with Crippen LogP contribution < -0.4 is 4.90 Å². The van der Waals surface area contributed by atoms with Crippen molar-refractivity contribution in [3.63, 3.8) is 0 Å². The van der Waals surface area contributed by atoms with Gasteiger partial charge in [-0.25, -0.2) is 8.42 Å². The van der Waals surface area contributed by atoms with Crippen LogP contribution in [0.1, 0.15) is 30.4 Å². The van der Waals surface area contributed by atoms with Crippen molar-refractivity contribution in [3.8, 4) is 0 Å². The van der Waals surface area contributed by atoms with Gasteiger partial charge in [-0.3, -0.25) is 4.79 Å². The molecular weight excluding hydrogens is 328 g/mol. The molecule has 1 aliphatic rings. The first-order valence-electron chi connectivity index (χ1n) is 7.88. The van der Waals surface area contributed by atoms with Crippen LogP contribution in [-0.2, 0) is 26.8 Å². The second-order valence-corrected chi connectivity index (χ2v) is 8.31. The van der Waals surface area contributed by atoms with Crippen molar-refractivity contribution in [1.82, 2.24) is 5.16 Å². The van der Waals surface area contributed by atoms with Crippen LogP contribution in [-0.4, -0.2) is 31.3 Å². The summed E-state index contributed by atoms with van der Waals surface area (Å²) in [5, 5.41) is 3.68. The van der Waals surface area contributed by atoms with Crippen molar-refractivity contribution in [2.24, 2.45) is 0 Å². The van der Waals surface area contributed by atoms with Gasteiger partial charge in [0.2, 0.25) is 5.91 Å². The van der Waals surface area contributed by atoms with Gasteiger partial charge in [0.25, 0.3) is 0 Å². The van der Waals surface area contributed by atoms with Crippen molar-refractivity contribution in [3.05, 3.63) is 47.3 Å². The van der Waals surface area contributed by atoms with Crippen molar-refractivity contribution in [2.75, 3.05) is 10.7 Å². The molecule has 128 valence electrons. The predicted molar refractivity (Wildman–Crippen MR) is 90.4 cm³/mol. The lowest BCUT2D eigenvalue weighted by atomic mass is 9.97. The van der Waals surface area contributed by atoms with Crippen LogP contribution in [0.25, 0.3) is 0 Å². The Kier molecular flexibility index (Phi) is 4.45. The number of hydrogen-bond donors (Lipinski definition) is 0. The molecular formula is C17H20N2O4S. The van der Waals surface area contributed by atoms with Crippen molar-refractivity contribution < 1.29 is 17.7 Å². The molecule has 0 unspecified atom stereocenters. The van der Waals surface area contributed by atoms with Gasteiger partial charge < -0.3 is 9.42 Å². The molecule has 0 fully saturated rings. The summed E-state index contributed by atoms with van der Waals surface area (Å²) in [6.45, 7) is 3.66. The first kappa shape index (κ1) is 16.7. The summed E-state index contributed by atoms with van der Waals surface area (Å²) in [4.78, 5) is 14.3. The lowest BCUT2D eigenvalue weighted by molar-refractivity contribution is -0.116. The number of amides is 1. The third-order valence-electron chi connectivity index (χ3n) is 4.17. The maximum absolute atomic E-state index is 12.7. The van der Waals surface area contributed by atoms with Crippen LogP contribution in [0, 0.1) is 6.92 Å². The largest absolute Gasteiger partial charge is 0.360 e. The highest BCUT2D eigenvalue weighted by Crippen LogP contribution is 2.30. The molecule has 1 atom stereocenters. The summed E-state index contributed by atoms with van der Waals surface area (Å²) < 4.78 is 29.6. The molecule has 0 saturated carbocycles. The molecule has 2 aromatic rings. The second-order valence-electron chi connectivity index (χ2n) is 6.25. The van der Waals surface area contributed by atoms with Crippen molar-refractivity contribution in [2.45, 2.75) is 38.5 Å². The molecule has 6 nitrogen and oxygen atoms in total. The summed E-state index contributed by atoms with van der Waals surface area (Å²) in [6, 6.07) is 9.20. The molecule has 3 rings (SSSR count). The van der Waals surface area contributed by atoms with E-state index in [1.54, 1.807) is 17.9 Å². The van der Waals surface area contributed by atoms with Crippen LogP contribution in [0.3, 0.4) is 0 Å². The van der Waals surface area contributed by atoms with Crippen LogP contribution in [0.4, 0.5) is 5.69 Å². The highest BCUT2D eigenvalue weighted by Gasteiger charge is 2.31. The molecule has 0 spiro atoms. The fourth-order valence-electron chi connectivity index (χ4n) is 3.08. The van der Waals surface area contributed by atoms with Gasteiger partial charge in [-0.2, -0.15) is 0 Å². The molecule has 1 aliphatic heterocycles. The van der Waals surface area contributed by atoms with E-state index >= 15 is 0 Å². The van der Waals surface area contributed by atoms with Gasteiger partial charge in [0.1, 0.15) is 11.5 Å². The maximum Gasteiger partial charge on any atom is 0.242 e. The Balaban J connectivity index is 1.79.